The molecule has 1 saturated heterocycles. The Morgan fingerprint density at radius 1 is 1.50 bits per heavy atom. The number of nitrogens with one attached hydrogen (secondary N) is 1. The molecule has 6 heteroatoms. The lowest BCUT2D eigenvalue weighted by Gasteiger charge is -2.39. The Bertz CT molecular complexity index is 448. The predicted molar refractivity (Wildman–Crippen MR) is 81.5 cm³/mol. The Labute approximate surface area is 126 Å². The largest absolute Gasteiger partial charge is 0.469 e. The van der Waals surface area contributed by atoms with Gasteiger partial charge in [0.15, 0.2) is 0 Å². The van der Waals surface area contributed by atoms with Crippen molar-refractivity contribution in [3.63, 3.8) is 0 Å². The highest BCUT2D eigenvalue weighted by molar-refractivity contribution is 5.85. The summed E-state index contributed by atoms with van der Waals surface area (Å²) in [5, 5.41) is 3.47. The number of ether oxygens (including phenoxy) is 1. The third-order valence-electron chi connectivity index (χ3n) is 3.28. The second-order valence-electron chi connectivity index (χ2n) is 5.51. The number of anilines is 1. The molecular formula is C14H22ClN3O2. The summed E-state index contributed by atoms with van der Waals surface area (Å²) in [6.07, 6.45) is 2.03. The molecule has 0 aliphatic carbocycles. The van der Waals surface area contributed by atoms with E-state index in [-0.39, 0.29) is 30.3 Å². The molecule has 1 fully saturated rings. The first-order valence-electron chi connectivity index (χ1n) is 6.52. The summed E-state index contributed by atoms with van der Waals surface area (Å²) in [5.41, 5.74) is 0.981. The molecule has 2 heterocycles. The van der Waals surface area contributed by atoms with Crippen LogP contribution >= 0.6 is 12.4 Å². The van der Waals surface area contributed by atoms with Gasteiger partial charge in [-0.15, -0.1) is 12.4 Å². The van der Waals surface area contributed by atoms with Gasteiger partial charge >= 0.3 is 5.97 Å². The minimum absolute atomic E-state index is 0. The molecule has 5 nitrogen and oxygen atoms in total. The number of rotatable bonds is 3. The van der Waals surface area contributed by atoms with Gasteiger partial charge < -0.3 is 15.0 Å². The highest BCUT2D eigenvalue weighted by atomic mass is 35.5. The van der Waals surface area contributed by atoms with Crippen LogP contribution in [0.3, 0.4) is 0 Å². The van der Waals surface area contributed by atoms with Gasteiger partial charge in [0.1, 0.15) is 5.82 Å². The Balaban J connectivity index is 0.00000200. The van der Waals surface area contributed by atoms with Gasteiger partial charge in [-0.25, -0.2) is 4.98 Å². The second-order valence-corrected chi connectivity index (χ2v) is 5.51. The van der Waals surface area contributed by atoms with Crippen LogP contribution in [0.4, 0.5) is 5.82 Å². The number of carbonyl (C=O) groups excluding carboxylic acids is 1. The molecule has 1 aliphatic heterocycles. The Morgan fingerprint density at radius 2 is 2.25 bits per heavy atom. The minimum atomic E-state index is -0.238. The number of methoxy groups -OCH3 is 1. The molecule has 0 unspecified atom stereocenters. The smallest absolute Gasteiger partial charge is 0.310 e. The quantitative estimate of drug-likeness (QED) is 0.855. The maximum atomic E-state index is 11.2. The lowest BCUT2D eigenvalue weighted by molar-refractivity contribution is -0.139. The van der Waals surface area contributed by atoms with Gasteiger partial charge in [-0.1, -0.05) is 6.07 Å². The second kappa shape index (κ2) is 6.90. The van der Waals surface area contributed by atoms with Gasteiger partial charge in [-0.2, -0.15) is 0 Å². The lowest BCUT2D eigenvalue weighted by Crippen LogP contribution is -2.57. The number of esters is 1. The Morgan fingerprint density at radius 3 is 2.80 bits per heavy atom. The molecule has 1 N–H and O–H groups in total. The van der Waals surface area contributed by atoms with Crippen molar-refractivity contribution in [1.29, 1.82) is 0 Å². The zero-order valence-electron chi connectivity index (χ0n) is 12.2. The average Bonchev–Trinajstić information content (AvgIpc) is 2.38. The summed E-state index contributed by atoms with van der Waals surface area (Å²) in [6.45, 7) is 7.21. The van der Waals surface area contributed by atoms with E-state index in [2.05, 4.69) is 33.8 Å². The number of halogens is 1. The fourth-order valence-electron chi connectivity index (χ4n) is 2.28. The van der Waals surface area contributed by atoms with Crippen LogP contribution < -0.4 is 10.2 Å². The van der Waals surface area contributed by atoms with Crippen LogP contribution in [-0.2, 0) is 16.0 Å². The Kier molecular flexibility index (Phi) is 5.77. The highest BCUT2D eigenvalue weighted by Gasteiger charge is 2.26. The molecule has 0 aromatic carbocycles. The molecule has 0 amide bonds. The van der Waals surface area contributed by atoms with Crippen molar-refractivity contribution < 1.29 is 9.53 Å². The first kappa shape index (κ1) is 16.7. The van der Waals surface area contributed by atoms with E-state index in [4.69, 9.17) is 0 Å². The number of pyridine rings is 1. The Hall–Kier alpha value is -1.33. The van der Waals surface area contributed by atoms with E-state index in [1.54, 1.807) is 6.20 Å². The summed E-state index contributed by atoms with van der Waals surface area (Å²) in [6, 6.07) is 3.91. The van der Waals surface area contributed by atoms with E-state index >= 15 is 0 Å². The summed E-state index contributed by atoms with van der Waals surface area (Å²) in [5.74, 6) is 0.723. The van der Waals surface area contributed by atoms with Crippen molar-refractivity contribution in [2.24, 2.45) is 0 Å². The van der Waals surface area contributed by atoms with Crippen LogP contribution in [-0.4, -0.2) is 43.2 Å². The minimum Gasteiger partial charge on any atom is -0.469 e. The molecule has 0 spiro atoms. The molecule has 1 aliphatic rings. The monoisotopic (exact) mass is 299 g/mol. The summed E-state index contributed by atoms with van der Waals surface area (Å²) in [7, 11) is 1.40. The van der Waals surface area contributed by atoms with E-state index in [0.29, 0.717) is 0 Å². The van der Waals surface area contributed by atoms with Gasteiger partial charge in [-0.3, -0.25) is 4.79 Å². The predicted octanol–water partition coefficient (Wildman–Crippen LogP) is 1.41. The fourth-order valence-corrected chi connectivity index (χ4v) is 2.28. The number of carbonyl (C=O) groups is 1. The number of piperazine rings is 1. The van der Waals surface area contributed by atoms with E-state index < -0.39 is 0 Å². The fraction of sp³-hybridized carbons (Fsp3) is 0.571. The first-order chi connectivity index (χ1) is 9.00. The summed E-state index contributed by atoms with van der Waals surface area (Å²) >= 11 is 0. The van der Waals surface area contributed by atoms with Gasteiger partial charge in [-0.05, 0) is 25.5 Å². The van der Waals surface area contributed by atoms with Crippen molar-refractivity contribution in [3.8, 4) is 0 Å². The number of aromatic nitrogens is 1. The van der Waals surface area contributed by atoms with Crippen molar-refractivity contribution in [3.05, 3.63) is 23.9 Å². The van der Waals surface area contributed by atoms with Gasteiger partial charge in [0, 0.05) is 31.4 Å². The molecule has 1 aromatic heterocycles. The normalized spacial score (nSPS) is 17.2. The number of nitrogens with zero attached hydrogens (tertiary/aromatic N) is 2. The molecule has 0 radical (unpaired) electrons. The van der Waals surface area contributed by atoms with Crippen LogP contribution in [0.5, 0.6) is 0 Å². The van der Waals surface area contributed by atoms with E-state index in [1.165, 1.54) is 7.11 Å². The average molecular weight is 300 g/mol. The third-order valence-corrected chi connectivity index (χ3v) is 3.28. The molecule has 0 atom stereocenters. The van der Waals surface area contributed by atoms with Gasteiger partial charge in [0.2, 0.25) is 0 Å². The SMILES string of the molecule is COC(=O)Cc1ccc(N2CCNC(C)(C)C2)nc1.Cl. The van der Waals surface area contributed by atoms with Crippen LogP contribution in [0.1, 0.15) is 19.4 Å². The standard InChI is InChI=1S/C14H21N3O2.ClH/c1-14(2)10-17(7-6-16-14)12-5-4-11(9-15-12)8-13(18)19-3;/h4-5,9,16H,6-8,10H2,1-3H3;1H. The van der Waals surface area contributed by atoms with Crippen molar-refractivity contribution in [1.82, 2.24) is 10.3 Å². The maximum Gasteiger partial charge on any atom is 0.310 e. The van der Waals surface area contributed by atoms with Crippen LogP contribution in [0.2, 0.25) is 0 Å². The van der Waals surface area contributed by atoms with Crippen LogP contribution in [0.15, 0.2) is 18.3 Å². The van der Waals surface area contributed by atoms with Crippen molar-refractivity contribution in [2.75, 3.05) is 31.6 Å². The summed E-state index contributed by atoms with van der Waals surface area (Å²) in [4.78, 5) is 17.9. The first-order valence-corrected chi connectivity index (χ1v) is 6.52. The zero-order valence-corrected chi connectivity index (χ0v) is 13.0. The van der Waals surface area contributed by atoms with E-state index in [9.17, 15) is 4.79 Å². The molecule has 112 valence electrons. The molecule has 1 aromatic rings. The topological polar surface area (TPSA) is 54.5 Å². The number of hydrogen-bond acceptors (Lipinski definition) is 5. The zero-order chi connectivity index (χ0) is 13.9. The molecule has 0 saturated carbocycles. The van der Waals surface area contributed by atoms with Gasteiger partial charge in [0.05, 0.1) is 13.5 Å². The van der Waals surface area contributed by atoms with Crippen molar-refractivity contribution >= 4 is 24.2 Å². The van der Waals surface area contributed by atoms with E-state index in [1.807, 2.05) is 12.1 Å². The number of hydrogen-bond donors (Lipinski definition) is 1. The molecular weight excluding hydrogens is 278 g/mol. The van der Waals surface area contributed by atoms with Crippen molar-refractivity contribution in [2.45, 2.75) is 25.8 Å². The lowest BCUT2D eigenvalue weighted by atomic mass is 10.0. The molecule has 20 heavy (non-hydrogen) atoms. The third kappa shape index (κ3) is 4.35. The summed E-state index contributed by atoms with van der Waals surface area (Å²) < 4.78 is 4.64. The van der Waals surface area contributed by atoms with E-state index in [0.717, 1.165) is 31.0 Å². The van der Waals surface area contributed by atoms with Crippen LogP contribution in [0.25, 0.3) is 0 Å². The van der Waals surface area contributed by atoms with Crippen LogP contribution in [0, 0.1) is 0 Å². The maximum absolute atomic E-state index is 11.2. The molecule has 0 bridgehead atoms. The molecule has 2 rings (SSSR count). The van der Waals surface area contributed by atoms with Gasteiger partial charge in [0.25, 0.3) is 0 Å². The highest BCUT2D eigenvalue weighted by Crippen LogP contribution is 2.18.